The topological polar surface area (TPSA) is 72.2 Å². The number of hydrogen-bond donors (Lipinski definition) is 1. The molecule has 22 heavy (non-hydrogen) atoms. The zero-order chi connectivity index (χ0) is 16.2. The van der Waals surface area contributed by atoms with Crippen molar-refractivity contribution in [3.8, 4) is 0 Å². The molecule has 1 aromatic carbocycles. The second-order valence-corrected chi connectivity index (χ2v) is 6.48. The molecule has 1 amide bonds. The van der Waals surface area contributed by atoms with E-state index in [1.54, 1.807) is 24.3 Å². The van der Waals surface area contributed by atoms with Gasteiger partial charge in [0.05, 0.1) is 0 Å². The van der Waals surface area contributed by atoms with Gasteiger partial charge in [-0.15, -0.1) is 0 Å². The maximum atomic E-state index is 12.4. The Bertz CT molecular complexity index is 522. The smallest absolute Gasteiger partial charge is 0.251 e. The van der Waals surface area contributed by atoms with E-state index < -0.39 is 11.6 Å². The molecule has 0 aliphatic heterocycles. The van der Waals surface area contributed by atoms with Gasteiger partial charge in [0.25, 0.3) is 5.91 Å². The molecular weight excluding hydrogens is 280 g/mol. The molecule has 5 heteroatoms. The zero-order valence-electron chi connectivity index (χ0n) is 13.2. The van der Waals surface area contributed by atoms with Crippen molar-refractivity contribution >= 4 is 5.91 Å². The molecule has 1 unspecified atom stereocenters. The van der Waals surface area contributed by atoms with E-state index in [4.69, 9.17) is 0 Å². The third kappa shape index (κ3) is 3.29. The molecule has 1 aliphatic carbocycles. The van der Waals surface area contributed by atoms with Gasteiger partial charge in [-0.25, -0.2) is 0 Å². The molecule has 120 valence electrons. The second-order valence-electron chi connectivity index (χ2n) is 6.48. The monoisotopic (exact) mass is 304 g/mol. The van der Waals surface area contributed by atoms with E-state index in [0.717, 1.165) is 19.3 Å². The van der Waals surface area contributed by atoms with Crippen molar-refractivity contribution in [1.29, 1.82) is 0 Å². The first-order valence-corrected chi connectivity index (χ1v) is 7.98. The molecule has 0 aromatic heterocycles. The zero-order valence-corrected chi connectivity index (χ0v) is 13.2. The van der Waals surface area contributed by atoms with Crippen LogP contribution in [0.1, 0.15) is 56.3 Å². The van der Waals surface area contributed by atoms with Crippen molar-refractivity contribution in [2.24, 2.45) is 5.92 Å². The Hall–Kier alpha value is -1.91. The molecule has 0 heterocycles. The van der Waals surface area contributed by atoms with Crippen LogP contribution in [0.4, 0.5) is 0 Å². The van der Waals surface area contributed by atoms with Crippen LogP contribution in [0.15, 0.2) is 30.3 Å². The largest absolute Gasteiger partial charge is 0.342 e. The maximum absolute atomic E-state index is 12.4. The van der Waals surface area contributed by atoms with Crippen LogP contribution in [0.3, 0.4) is 0 Å². The summed E-state index contributed by atoms with van der Waals surface area (Å²) in [7, 11) is 0. The first-order chi connectivity index (χ1) is 10.5. The van der Waals surface area contributed by atoms with Gasteiger partial charge in [-0.3, -0.25) is 14.9 Å². The maximum Gasteiger partial charge on any atom is 0.251 e. The Labute approximate surface area is 131 Å². The Morgan fingerprint density at radius 3 is 2.27 bits per heavy atom. The van der Waals surface area contributed by atoms with E-state index in [9.17, 15) is 14.9 Å². The van der Waals surface area contributed by atoms with Gasteiger partial charge < -0.3 is 5.32 Å². The highest BCUT2D eigenvalue weighted by molar-refractivity contribution is 5.94. The first kappa shape index (κ1) is 16.5. The number of hydrogen-bond acceptors (Lipinski definition) is 3. The standard InChI is InChI=1S/C17H24N2O3/c1-13(2)15(17(19(21)22)11-7-4-8-12-17)18-16(20)14-9-5-3-6-10-14/h3,5-6,9-10,13,15H,4,7-8,11-12H2,1-2H3,(H,18,20). The highest BCUT2D eigenvalue weighted by Gasteiger charge is 2.52. The lowest BCUT2D eigenvalue weighted by atomic mass is 9.73. The number of carbonyl (C=O) groups is 1. The predicted molar refractivity (Wildman–Crippen MR) is 85.3 cm³/mol. The fourth-order valence-corrected chi connectivity index (χ4v) is 3.51. The number of carbonyl (C=O) groups excluding carboxylic acids is 1. The van der Waals surface area contributed by atoms with Crippen LogP contribution in [0.5, 0.6) is 0 Å². The van der Waals surface area contributed by atoms with Gasteiger partial charge in [-0.05, 0) is 30.9 Å². The molecule has 0 radical (unpaired) electrons. The summed E-state index contributed by atoms with van der Waals surface area (Å²) < 4.78 is 0. The van der Waals surface area contributed by atoms with Gasteiger partial charge in [-0.1, -0.05) is 38.5 Å². The highest BCUT2D eigenvalue weighted by Crippen LogP contribution is 2.36. The molecule has 5 nitrogen and oxygen atoms in total. The van der Waals surface area contributed by atoms with Crippen LogP contribution in [-0.2, 0) is 0 Å². The summed E-state index contributed by atoms with van der Waals surface area (Å²) in [6.45, 7) is 3.88. The molecule has 1 fully saturated rings. The Balaban J connectivity index is 2.25. The quantitative estimate of drug-likeness (QED) is 0.669. The fourth-order valence-electron chi connectivity index (χ4n) is 3.51. The number of nitrogens with one attached hydrogen (secondary N) is 1. The molecule has 1 saturated carbocycles. The van der Waals surface area contributed by atoms with Gasteiger partial charge in [0.2, 0.25) is 5.54 Å². The average molecular weight is 304 g/mol. The van der Waals surface area contributed by atoms with Crippen LogP contribution in [0, 0.1) is 16.0 Å². The molecule has 1 aromatic rings. The highest BCUT2D eigenvalue weighted by atomic mass is 16.6. The van der Waals surface area contributed by atoms with Crippen LogP contribution in [-0.4, -0.2) is 22.4 Å². The van der Waals surface area contributed by atoms with Gasteiger partial charge >= 0.3 is 0 Å². The SMILES string of the molecule is CC(C)C(NC(=O)c1ccccc1)C1([N+](=O)[O-])CCCCC1. The lowest BCUT2D eigenvalue weighted by Crippen LogP contribution is -2.60. The summed E-state index contributed by atoms with van der Waals surface area (Å²) in [6.07, 6.45) is 3.82. The van der Waals surface area contributed by atoms with E-state index in [0.29, 0.717) is 18.4 Å². The summed E-state index contributed by atoms with van der Waals surface area (Å²) in [5.41, 5.74) is -0.487. The third-order valence-corrected chi connectivity index (χ3v) is 4.65. The summed E-state index contributed by atoms with van der Waals surface area (Å²) in [5, 5.41) is 14.7. The van der Waals surface area contributed by atoms with Crippen LogP contribution in [0.25, 0.3) is 0 Å². The lowest BCUT2D eigenvalue weighted by molar-refractivity contribution is -0.581. The minimum absolute atomic E-state index is 0.0103. The van der Waals surface area contributed by atoms with E-state index in [2.05, 4.69) is 5.32 Å². The first-order valence-electron chi connectivity index (χ1n) is 7.98. The van der Waals surface area contributed by atoms with E-state index in [1.807, 2.05) is 19.9 Å². The number of benzene rings is 1. The molecule has 0 bridgehead atoms. The Morgan fingerprint density at radius 1 is 1.18 bits per heavy atom. The van der Waals surface area contributed by atoms with E-state index in [-0.39, 0.29) is 16.7 Å². The van der Waals surface area contributed by atoms with Gasteiger partial charge in [0.15, 0.2) is 0 Å². The molecule has 0 saturated heterocycles. The Kier molecular flexibility index (Phi) is 5.16. The van der Waals surface area contributed by atoms with Crippen molar-refractivity contribution in [2.75, 3.05) is 0 Å². The van der Waals surface area contributed by atoms with Gasteiger partial charge in [0.1, 0.15) is 6.04 Å². The van der Waals surface area contributed by atoms with Crippen LogP contribution < -0.4 is 5.32 Å². The number of nitrogens with zero attached hydrogens (tertiary/aromatic N) is 1. The van der Waals surface area contributed by atoms with Crippen LogP contribution >= 0.6 is 0 Å². The van der Waals surface area contributed by atoms with E-state index >= 15 is 0 Å². The minimum atomic E-state index is -1.03. The molecule has 1 aliphatic rings. The Morgan fingerprint density at radius 2 is 1.77 bits per heavy atom. The van der Waals surface area contributed by atoms with Gasteiger partial charge in [-0.2, -0.15) is 0 Å². The average Bonchev–Trinajstić information content (AvgIpc) is 2.53. The summed E-state index contributed by atoms with van der Waals surface area (Å²) in [5.74, 6) is -0.220. The van der Waals surface area contributed by atoms with Crippen LogP contribution in [0.2, 0.25) is 0 Å². The second kappa shape index (κ2) is 6.90. The van der Waals surface area contributed by atoms with Crippen molar-refractivity contribution in [1.82, 2.24) is 5.32 Å². The van der Waals surface area contributed by atoms with Crippen molar-refractivity contribution in [3.63, 3.8) is 0 Å². The number of amides is 1. The molecule has 2 rings (SSSR count). The lowest BCUT2D eigenvalue weighted by Gasteiger charge is -2.38. The van der Waals surface area contributed by atoms with E-state index in [1.165, 1.54) is 0 Å². The fraction of sp³-hybridized carbons (Fsp3) is 0.588. The summed E-state index contributed by atoms with van der Waals surface area (Å²) in [6, 6.07) is 8.44. The number of nitro groups is 1. The van der Waals surface area contributed by atoms with Crippen molar-refractivity contribution in [2.45, 2.75) is 57.5 Å². The molecule has 1 N–H and O–H groups in total. The number of rotatable bonds is 5. The third-order valence-electron chi connectivity index (χ3n) is 4.65. The molecule has 1 atom stereocenters. The predicted octanol–water partition coefficient (Wildman–Crippen LogP) is 3.42. The van der Waals surface area contributed by atoms with Crippen molar-refractivity contribution < 1.29 is 9.72 Å². The normalized spacial score (nSPS) is 18.7. The summed E-state index contributed by atoms with van der Waals surface area (Å²) >= 11 is 0. The molecular formula is C17H24N2O3. The van der Waals surface area contributed by atoms with Gasteiger partial charge in [0, 0.05) is 23.3 Å². The molecule has 0 spiro atoms. The summed E-state index contributed by atoms with van der Waals surface area (Å²) in [4.78, 5) is 24.1. The minimum Gasteiger partial charge on any atom is -0.342 e. The van der Waals surface area contributed by atoms with Crippen molar-refractivity contribution in [3.05, 3.63) is 46.0 Å².